The van der Waals surface area contributed by atoms with Gasteiger partial charge in [-0.1, -0.05) is 36.6 Å². The molecule has 1 fully saturated rings. The van der Waals surface area contributed by atoms with Crippen molar-refractivity contribution in [3.8, 4) is 0 Å². The summed E-state index contributed by atoms with van der Waals surface area (Å²) in [5.41, 5.74) is 1.43. The van der Waals surface area contributed by atoms with E-state index in [9.17, 15) is 9.59 Å². The fraction of sp³-hybridized carbons (Fsp3) is 0.318. The van der Waals surface area contributed by atoms with Crippen LogP contribution in [0.4, 0.5) is 0 Å². The van der Waals surface area contributed by atoms with E-state index in [0.29, 0.717) is 30.3 Å². The van der Waals surface area contributed by atoms with Crippen LogP contribution in [0.15, 0.2) is 53.5 Å². The lowest BCUT2D eigenvalue weighted by atomic mass is 10.1. The van der Waals surface area contributed by atoms with Gasteiger partial charge in [0.2, 0.25) is 0 Å². The summed E-state index contributed by atoms with van der Waals surface area (Å²) in [5.74, 6) is -0.178. The van der Waals surface area contributed by atoms with E-state index in [1.54, 1.807) is 29.0 Å². The van der Waals surface area contributed by atoms with Gasteiger partial charge in [0, 0.05) is 29.7 Å². The molecule has 0 radical (unpaired) electrons. The molecule has 0 bridgehead atoms. The molecule has 0 atom stereocenters. The lowest BCUT2D eigenvalue weighted by Gasteiger charge is -2.21. The fourth-order valence-corrected chi connectivity index (χ4v) is 3.85. The molecule has 0 saturated carbocycles. The minimum Gasteiger partial charge on any atom is -0.338 e. The van der Waals surface area contributed by atoms with E-state index in [1.165, 1.54) is 0 Å². The number of nitrogens with zero attached hydrogens (tertiary/aromatic N) is 3. The molecule has 5 nitrogen and oxygen atoms in total. The van der Waals surface area contributed by atoms with Gasteiger partial charge >= 0.3 is 0 Å². The smallest absolute Gasteiger partial charge is 0.265 e. The number of rotatable bonds is 3. The van der Waals surface area contributed by atoms with Gasteiger partial charge in [0.1, 0.15) is 11.2 Å². The van der Waals surface area contributed by atoms with Crippen LogP contribution in [0, 0.1) is 0 Å². The largest absolute Gasteiger partial charge is 0.338 e. The molecule has 1 saturated heterocycles. The first kappa shape index (κ1) is 18.7. The Kier molecular flexibility index (Phi) is 5.44. The number of benzene rings is 1. The van der Waals surface area contributed by atoms with Gasteiger partial charge in [-0.05, 0) is 48.7 Å². The first-order valence-corrected chi connectivity index (χ1v) is 10.0. The van der Waals surface area contributed by atoms with Crippen molar-refractivity contribution in [1.82, 2.24) is 14.5 Å². The van der Waals surface area contributed by atoms with E-state index in [4.69, 9.17) is 11.6 Å². The summed E-state index contributed by atoms with van der Waals surface area (Å²) in [6.07, 6.45) is 5.90. The molecule has 0 aliphatic carbocycles. The minimum absolute atomic E-state index is 0.178. The van der Waals surface area contributed by atoms with Crippen molar-refractivity contribution in [3.05, 3.63) is 75.2 Å². The predicted octanol–water partition coefficient (Wildman–Crippen LogP) is 4.11. The van der Waals surface area contributed by atoms with Crippen molar-refractivity contribution in [2.45, 2.75) is 32.2 Å². The number of pyridine rings is 2. The number of fused-ring (bicyclic) bond motifs is 1. The molecule has 1 aromatic carbocycles. The monoisotopic (exact) mass is 395 g/mol. The Morgan fingerprint density at radius 2 is 1.75 bits per heavy atom. The standard InChI is InChI=1S/C22H22ClN3O2/c23-18-9-7-16(8-10-18)15-26-20-17(6-5-11-24-20)14-19(22(26)28)21(27)25-12-3-1-2-4-13-25/h5-11,14H,1-4,12-13,15H2. The number of carbonyl (C=O) groups excluding carboxylic acids is 1. The summed E-state index contributed by atoms with van der Waals surface area (Å²) < 4.78 is 1.59. The van der Waals surface area contributed by atoms with Gasteiger partial charge in [0.15, 0.2) is 0 Å². The Balaban J connectivity index is 1.79. The second-order valence-electron chi connectivity index (χ2n) is 7.20. The summed E-state index contributed by atoms with van der Waals surface area (Å²) in [5, 5.41) is 1.43. The van der Waals surface area contributed by atoms with E-state index in [1.807, 2.05) is 29.2 Å². The van der Waals surface area contributed by atoms with Gasteiger partial charge in [0.25, 0.3) is 11.5 Å². The molecule has 0 spiro atoms. The first-order chi connectivity index (χ1) is 13.6. The molecule has 0 N–H and O–H groups in total. The van der Waals surface area contributed by atoms with Crippen LogP contribution >= 0.6 is 11.6 Å². The molecule has 3 aromatic rings. The second kappa shape index (κ2) is 8.15. The van der Waals surface area contributed by atoms with Crippen molar-refractivity contribution < 1.29 is 4.79 Å². The number of halogens is 1. The quantitative estimate of drug-likeness (QED) is 0.670. The van der Waals surface area contributed by atoms with Gasteiger partial charge in [-0.15, -0.1) is 0 Å². The summed E-state index contributed by atoms with van der Waals surface area (Å²) in [4.78, 5) is 32.6. The van der Waals surface area contributed by atoms with Crippen LogP contribution in [0.3, 0.4) is 0 Å². The van der Waals surface area contributed by atoms with Crippen LogP contribution in [0.1, 0.15) is 41.6 Å². The molecule has 144 valence electrons. The topological polar surface area (TPSA) is 55.2 Å². The zero-order valence-electron chi connectivity index (χ0n) is 15.6. The third-order valence-corrected chi connectivity index (χ3v) is 5.48. The maximum absolute atomic E-state index is 13.3. The predicted molar refractivity (Wildman–Crippen MR) is 111 cm³/mol. The molecule has 2 aromatic heterocycles. The van der Waals surface area contributed by atoms with Crippen molar-refractivity contribution >= 4 is 28.5 Å². The summed E-state index contributed by atoms with van der Waals surface area (Å²) in [6, 6.07) is 12.8. The third kappa shape index (κ3) is 3.80. The molecular formula is C22H22ClN3O2. The Bertz CT molecular complexity index is 1050. The molecule has 1 amide bonds. The lowest BCUT2D eigenvalue weighted by Crippen LogP contribution is -2.37. The highest BCUT2D eigenvalue weighted by Gasteiger charge is 2.22. The van der Waals surface area contributed by atoms with Crippen molar-refractivity contribution in [3.63, 3.8) is 0 Å². The van der Waals surface area contributed by atoms with Crippen molar-refractivity contribution in [2.24, 2.45) is 0 Å². The highest BCUT2D eigenvalue weighted by atomic mass is 35.5. The van der Waals surface area contributed by atoms with Crippen molar-refractivity contribution in [1.29, 1.82) is 0 Å². The summed E-state index contributed by atoms with van der Waals surface area (Å²) in [7, 11) is 0. The van der Waals surface area contributed by atoms with Gasteiger partial charge in [-0.2, -0.15) is 0 Å². The average molecular weight is 396 g/mol. The zero-order valence-corrected chi connectivity index (χ0v) is 16.4. The summed E-state index contributed by atoms with van der Waals surface area (Å²) >= 11 is 5.98. The Morgan fingerprint density at radius 1 is 1.04 bits per heavy atom. The number of likely N-dealkylation sites (tertiary alicyclic amines) is 1. The van der Waals surface area contributed by atoms with Gasteiger partial charge in [-0.3, -0.25) is 14.2 Å². The van der Waals surface area contributed by atoms with E-state index >= 15 is 0 Å². The van der Waals surface area contributed by atoms with E-state index in [-0.39, 0.29) is 17.0 Å². The SMILES string of the molecule is O=C(c1cc2cccnc2n(Cc2ccc(Cl)cc2)c1=O)N1CCCCCC1. The van der Waals surface area contributed by atoms with Crippen LogP contribution in [0.25, 0.3) is 11.0 Å². The van der Waals surface area contributed by atoms with E-state index < -0.39 is 0 Å². The average Bonchev–Trinajstić information content (AvgIpc) is 3.00. The number of amides is 1. The second-order valence-corrected chi connectivity index (χ2v) is 7.63. The third-order valence-electron chi connectivity index (χ3n) is 5.23. The first-order valence-electron chi connectivity index (χ1n) is 9.66. The van der Waals surface area contributed by atoms with Crippen LogP contribution in [-0.2, 0) is 6.54 Å². The molecule has 28 heavy (non-hydrogen) atoms. The van der Waals surface area contributed by atoms with Gasteiger partial charge in [-0.25, -0.2) is 4.98 Å². The Morgan fingerprint density at radius 3 is 2.46 bits per heavy atom. The zero-order chi connectivity index (χ0) is 19.5. The van der Waals surface area contributed by atoms with Crippen LogP contribution in [-0.4, -0.2) is 33.4 Å². The normalized spacial score (nSPS) is 14.8. The number of hydrogen-bond acceptors (Lipinski definition) is 3. The van der Waals surface area contributed by atoms with Crippen LogP contribution < -0.4 is 5.56 Å². The number of aromatic nitrogens is 2. The Hall–Kier alpha value is -2.66. The van der Waals surface area contributed by atoms with Crippen LogP contribution in [0.2, 0.25) is 5.02 Å². The molecule has 1 aliphatic rings. The molecular weight excluding hydrogens is 374 g/mol. The van der Waals surface area contributed by atoms with Gasteiger partial charge < -0.3 is 4.90 Å². The summed E-state index contributed by atoms with van der Waals surface area (Å²) in [6.45, 7) is 1.76. The molecule has 1 aliphatic heterocycles. The number of hydrogen-bond donors (Lipinski definition) is 0. The van der Waals surface area contributed by atoms with E-state index in [2.05, 4.69) is 4.98 Å². The maximum Gasteiger partial charge on any atom is 0.265 e. The lowest BCUT2D eigenvalue weighted by molar-refractivity contribution is 0.0759. The molecule has 4 rings (SSSR count). The maximum atomic E-state index is 13.3. The van der Waals surface area contributed by atoms with Gasteiger partial charge in [0.05, 0.1) is 6.54 Å². The molecule has 0 unspecified atom stereocenters. The fourth-order valence-electron chi connectivity index (χ4n) is 3.72. The van der Waals surface area contributed by atoms with Crippen LogP contribution in [0.5, 0.6) is 0 Å². The highest BCUT2D eigenvalue weighted by Crippen LogP contribution is 2.17. The van der Waals surface area contributed by atoms with Crippen molar-refractivity contribution in [2.75, 3.05) is 13.1 Å². The van der Waals surface area contributed by atoms with E-state index in [0.717, 1.165) is 36.6 Å². The Labute approximate surface area is 168 Å². The molecule has 6 heteroatoms. The minimum atomic E-state index is -0.296. The highest BCUT2D eigenvalue weighted by molar-refractivity contribution is 6.30. The molecule has 3 heterocycles. The number of carbonyl (C=O) groups is 1.